The van der Waals surface area contributed by atoms with Crippen LogP contribution in [0.25, 0.3) is 0 Å². The molecule has 17 heavy (non-hydrogen) atoms. The molecule has 0 unspecified atom stereocenters. The third-order valence-electron chi connectivity index (χ3n) is 2.36. The topological polar surface area (TPSA) is 70.2 Å². The molecule has 1 saturated carbocycles. The number of hydrogen-bond donors (Lipinski definition) is 3. The van der Waals surface area contributed by atoms with Gasteiger partial charge in [0.15, 0.2) is 0 Å². The van der Waals surface area contributed by atoms with E-state index in [1.807, 2.05) is 0 Å². The largest absolute Gasteiger partial charge is 0.355 e. The molecule has 1 aliphatic rings. The smallest absolute Gasteiger partial charge is 0.233 e. The first-order valence-corrected chi connectivity index (χ1v) is 5.92. The van der Waals surface area contributed by atoms with E-state index in [1.165, 1.54) is 0 Å². The Bertz CT molecular complexity index is 305. The molecule has 1 aliphatic carbocycles. The Morgan fingerprint density at radius 2 is 2.06 bits per heavy atom. The van der Waals surface area contributed by atoms with Gasteiger partial charge in [-0.1, -0.05) is 5.92 Å². The lowest BCUT2D eigenvalue weighted by Gasteiger charge is -2.05. The van der Waals surface area contributed by atoms with Gasteiger partial charge in [0.05, 0.1) is 13.1 Å². The fraction of sp³-hybridized carbons (Fsp3) is 0.667. The van der Waals surface area contributed by atoms with Crippen LogP contribution >= 0.6 is 0 Å². The van der Waals surface area contributed by atoms with Gasteiger partial charge in [-0.15, -0.1) is 6.42 Å². The van der Waals surface area contributed by atoms with Crippen LogP contribution in [0, 0.1) is 12.3 Å². The number of rotatable bonds is 8. The molecule has 0 saturated heterocycles. The highest BCUT2D eigenvalue weighted by atomic mass is 16.2. The second kappa shape index (κ2) is 7.69. The van der Waals surface area contributed by atoms with E-state index in [4.69, 9.17) is 6.42 Å². The van der Waals surface area contributed by atoms with Crippen LogP contribution in [-0.2, 0) is 9.59 Å². The van der Waals surface area contributed by atoms with Gasteiger partial charge < -0.3 is 10.6 Å². The molecule has 0 aromatic heterocycles. The molecular formula is C12H19N3O2. The van der Waals surface area contributed by atoms with Crippen molar-refractivity contribution in [3.05, 3.63) is 0 Å². The van der Waals surface area contributed by atoms with E-state index < -0.39 is 0 Å². The van der Waals surface area contributed by atoms with E-state index in [2.05, 4.69) is 21.9 Å². The van der Waals surface area contributed by atoms with Crippen molar-refractivity contribution in [3.63, 3.8) is 0 Å². The van der Waals surface area contributed by atoms with Gasteiger partial charge in [0.2, 0.25) is 11.8 Å². The molecule has 0 aliphatic heterocycles. The maximum absolute atomic E-state index is 11.3. The predicted octanol–water partition coefficient (Wildman–Crippen LogP) is -0.616. The van der Waals surface area contributed by atoms with Gasteiger partial charge in [-0.05, 0) is 19.3 Å². The Labute approximate surface area is 102 Å². The Balaban J connectivity index is 1.90. The van der Waals surface area contributed by atoms with Crippen LogP contribution in [0.15, 0.2) is 0 Å². The summed E-state index contributed by atoms with van der Waals surface area (Å²) in [5.41, 5.74) is 0. The van der Waals surface area contributed by atoms with Gasteiger partial charge in [-0.25, -0.2) is 0 Å². The van der Waals surface area contributed by atoms with E-state index in [1.54, 1.807) is 0 Å². The van der Waals surface area contributed by atoms with Crippen molar-refractivity contribution in [2.45, 2.75) is 31.7 Å². The van der Waals surface area contributed by atoms with E-state index in [9.17, 15) is 9.59 Å². The molecule has 2 amide bonds. The first-order chi connectivity index (χ1) is 8.22. The van der Waals surface area contributed by atoms with Crippen LogP contribution in [0.2, 0.25) is 0 Å². The number of terminal acetylenes is 1. The molecule has 1 fully saturated rings. The summed E-state index contributed by atoms with van der Waals surface area (Å²) in [5, 5.41) is 8.41. The number of carbonyl (C=O) groups excluding carboxylic acids is 2. The number of hydrogen-bond acceptors (Lipinski definition) is 3. The van der Waals surface area contributed by atoms with Crippen molar-refractivity contribution in [1.29, 1.82) is 0 Å². The molecule has 94 valence electrons. The summed E-state index contributed by atoms with van der Waals surface area (Å²) in [5.74, 6) is 2.37. The van der Waals surface area contributed by atoms with Gasteiger partial charge in [-0.3, -0.25) is 14.9 Å². The first-order valence-electron chi connectivity index (χ1n) is 5.92. The molecule has 0 bridgehead atoms. The van der Waals surface area contributed by atoms with Crippen molar-refractivity contribution in [2.24, 2.45) is 0 Å². The summed E-state index contributed by atoms with van der Waals surface area (Å²) in [6, 6.07) is 0.407. The first kappa shape index (κ1) is 13.5. The summed E-state index contributed by atoms with van der Waals surface area (Å²) in [6.07, 6.45) is 8.36. The van der Waals surface area contributed by atoms with Crippen LogP contribution in [-0.4, -0.2) is 37.5 Å². The van der Waals surface area contributed by atoms with Crippen LogP contribution < -0.4 is 16.0 Å². The Kier molecular flexibility index (Phi) is 6.12. The maximum Gasteiger partial charge on any atom is 0.233 e. The third kappa shape index (κ3) is 7.36. The Morgan fingerprint density at radius 3 is 2.71 bits per heavy atom. The van der Waals surface area contributed by atoms with Crippen molar-refractivity contribution in [2.75, 3.05) is 19.6 Å². The molecule has 0 heterocycles. The highest BCUT2D eigenvalue weighted by Gasteiger charge is 2.22. The monoisotopic (exact) mass is 237 g/mol. The molecule has 3 N–H and O–H groups in total. The van der Waals surface area contributed by atoms with Crippen molar-refractivity contribution in [1.82, 2.24) is 16.0 Å². The zero-order valence-electron chi connectivity index (χ0n) is 9.92. The highest BCUT2D eigenvalue weighted by Crippen LogP contribution is 2.18. The lowest BCUT2D eigenvalue weighted by atomic mass is 10.3. The summed E-state index contributed by atoms with van der Waals surface area (Å²) in [7, 11) is 0. The van der Waals surface area contributed by atoms with Crippen molar-refractivity contribution in [3.8, 4) is 12.3 Å². The maximum atomic E-state index is 11.3. The molecule has 5 heteroatoms. The van der Waals surface area contributed by atoms with Crippen molar-refractivity contribution < 1.29 is 9.59 Å². The zero-order valence-corrected chi connectivity index (χ0v) is 9.92. The van der Waals surface area contributed by atoms with Gasteiger partial charge in [0, 0.05) is 19.0 Å². The number of nitrogens with one attached hydrogen (secondary N) is 3. The lowest BCUT2D eigenvalue weighted by Crippen LogP contribution is -2.35. The summed E-state index contributed by atoms with van der Waals surface area (Å²) in [6.45, 7) is 1.13. The fourth-order valence-electron chi connectivity index (χ4n) is 1.31. The van der Waals surface area contributed by atoms with E-state index >= 15 is 0 Å². The Hall–Kier alpha value is -1.54. The summed E-state index contributed by atoms with van der Waals surface area (Å²) >= 11 is 0. The molecule has 0 aromatic carbocycles. The zero-order chi connectivity index (χ0) is 12.5. The molecule has 1 rings (SSSR count). The minimum absolute atomic E-state index is 0.0761. The van der Waals surface area contributed by atoms with Gasteiger partial charge >= 0.3 is 0 Å². The molecule has 0 spiro atoms. The highest BCUT2D eigenvalue weighted by molar-refractivity contribution is 5.78. The minimum atomic E-state index is -0.0946. The molecular weight excluding hydrogens is 218 g/mol. The van der Waals surface area contributed by atoms with E-state index in [0.29, 0.717) is 32.0 Å². The second-order valence-corrected chi connectivity index (χ2v) is 4.10. The summed E-state index contributed by atoms with van der Waals surface area (Å²) in [4.78, 5) is 22.5. The second-order valence-electron chi connectivity index (χ2n) is 4.10. The summed E-state index contributed by atoms with van der Waals surface area (Å²) < 4.78 is 0. The molecule has 0 aromatic rings. The van der Waals surface area contributed by atoms with Gasteiger partial charge in [0.1, 0.15) is 0 Å². The average molecular weight is 237 g/mol. The minimum Gasteiger partial charge on any atom is -0.355 e. The molecule has 0 atom stereocenters. The molecule has 0 radical (unpaired) electrons. The van der Waals surface area contributed by atoms with Crippen molar-refractivity contribution >= 4 is 11.8 Å². The van der Waals surface area contributed by atoms with E-state index in [0.717, 1.165) is 12.8 Å². The van der Waals surface area contributed by atoms with Gasteiger partial charge in [-0.2, -0.15) is 0 Å². The van der Waals surface area contributed by atoms with Gasteiger partial charge in [0.25, 0.3) is 0 Å². The Morgan fingerprint density at radius 1 is 1.29 bits per heavy atom. The number of carbonyl (C=O) groups is 2. The predicted molar refractivity (Wildman–Crippen MR) is 65.1 cm³/mol. The normalized spacial score (nSPS) is 13.8. The van der Waals surface area contributed by atoms with Crippen LogP contribution in [0.5, 0.6) is 0 Å². The number of amides is 2. The van der Waals surface area contributed by atoms with Crippen LogP contribution in [0.1, 0.15) is 25.7 Å². The fourth-order valence-corrected chi connectivity index (χ4v) is 1.31. The third-order valence-corrected chi connectivity index (χ3v) is 2.36. The van der Waals surface area contributed by atoms with Crippen LogP contribution in [0.4, 0.5) is 0 Å². The quantitative estimate of drug-likeness (QED) is 0.389. The average Bonchev–Trinajstić information content (AvgIpc) is 3.09. The lowest BCUT2D eigenvalue weighted by molar-refractivity contribution is -0.122. The SMILES string of the molecule is C#CCNCC(=O)NCCCC(=O)NC1CC1. The van der Waals surface area contributed by atoms with E-state index in [-0.39, 0.29) is 18.4 Å². The standard InChI is InChI=1S/C12H19N3O2/c1-2-7-13-9-12(17)14-8-3-4-11(16)15-10-5-6-10/h1,10,13H,3-9H2,(H,14,17)(H,15,16). The van der Waals surface area contributed by atoms with Crippen LogP contribution in [0.3, 0.4) is 0 Å². The molecule has 5 nitrogen and oxygen atoms in total.